The van der Waals surface area contributed by atoms with E-state index in [0.717, 1.165) is 4.57 Å². The quantitative estimate of drug-likeness (QED) is 0.679. The number of anilines is 1. The van der Waals surface area contributed by atoms with Crippen molar-refractivity contribution in [2.45, 2.75) is 6.54 Å². The van der Waals surface area contributed by atoms with Gasteiger partial charge in [-0.1, -0.05) is 12.1 Å². The van der Waals surface area contributed by atoms with Gasteiger partial charge in [0.25, 0.3) is 5.56 Å². The summed E-state index contributed by atoms with van der Waals surface area (Å²) in [5.41, 5.74) is 0.127. The summed E-state index contributed by atoms with van der Waals surface area (Å²) in [4.78, 5) is 29.0. The Labute approximate surface area is 141 Å². The first-order valence-electron chi connectivity index (χ1n) is 7.69. The molecule has 0 spiro atoms. The van der Waals surface area contributed by atoms with Gasteiger partial charge >= 0.3 is 5.69 Å². The molecule has 2 N–H and O–H groups in total. The monoisotopic (exact) mass is 347 g/mol. The molecule has 3 aromatic rings. The topological polar surface area (TPSA) is 94.1 Å². The van der Waals surface area contributed by atoms with Gasteiger partial charge in [-0.05, 0) is 17.7 Å². The predicted octanol–water partition coefficient (Wildman–Crippen LogP) is 0.0253. The third-order valence-electron chi connectivity index (χ3n) is 3.97. The molecule has 0 unspecified atom stereocenters. The zero-order valence-corrected chi connectivity index (χ0v) is 13.9. The highest BCUT2D eigenvalue weighted by molar-refractivity contribution is 5.74. The minimum Gasteiger partial charge on any atom is -0.395 e. The number of benzene rings is 1. The van der Waals surface area contributed by atoms with E-state index in [2.05, 4.69) is 10.3 Å². The van der Waals surface area contributed by atoms with Crippen LogP contribution in [0, 0.1) is 5.82 Å². The lowest BCUT2D eigenvalue weighted by Crippen LogP contribution is -2.37. The Kier molecular flexibility index (Phi) is 4.41. The van der Waals surface area contributed by atoms with Gasteiger partial charge in [-0.25, -0.2) is 9.18 Å². The summed E-state index contributed by atoms with van der Waals surface area (Å²) >= 11 is 0. The van der Waals surface area contributed by atoms with Crippen LogP contribution in [0.25, 0.3) is 11.2 Å². The summed E-state index contributed by atoms with van der Waals surface area (Å²) in [6.07, 6.45) is 0. The fourth-order valence-electron chi connectivity index (χ4n) is 2.72. The van der Waals surface area contributed by atoms with Gasteiger partial charge in [-0.2, -0.15) is 4.98 Å². The molecule has 0 radical (unpaired) electrons. The van der Waals surface area contributed by atoms with Crippen LogP contribution in [-0.4, -0.2) is 36.9 Å². The molecule has 0 amide bonds. The lowest BCUT2D eigenvalue weighted by atomic mass is 10.2. The number of halogens is 1. The van der Waals surface area contributed by atoms with Gasteiger partial charge in [0.2, 0.25) is 5.95 Å². The van der Waals surface area contributed by atoms with Crippen molar-refractivity contribution in [3.63, 3.8) is 0 Å². The molecule has 0 saturated heterocycles. The average Bonchev–Trinajstić information content (AvgIpc) is 2.95. The second kappa shape index (κ2) is 6.52. The third kappa shape index (κ3) is 2.93. The van der Waals surface area contributed by atoms with Crippen molar-refractivity contribution < 1.29 is 9.50 Å². The predicted molar refractivity (Wildman–Crippen MR) is 91.3 cm³/mol. The highest BCUT2D eigenvalue weighted by atomic mass is 19.1. The largest absolute Gasteiger partial charge is 0.395 e. The van der Waals surface area contributed by atoms with Gasteiger partial charge in [-0.15, -0.1) is 0 Å². The summed E-state index contributed by atoms with van der Waals surface area (Å²) in [5.74, 6) is -0.0568. The zero-order valence-electron chi connectivity index (χ0n) is 13.9. The number of imidazole rings is 1. The lowest BCUT2D eigenvalue weighted by molar-refractivity contribution is 0.310. The fraction of sp³-hybridized carbons (Fsp3) is 0.312. The van der Waals surface area contributed by atoms with E-state index in [4.69, 9.17) is 5.11 Å². The van der Waals surface area contributed by atoms with Crippen LogP contribution in [0.15, 0.2) is 33.9 Å². The first-order valence-corrected chi connectivity index (χ1v) is 7.69. The van der Waals surface area contributed by atoms with Gasteiger partial charge in [0.05, 0.1) is 13.2 Å². The van der Waals surface area contributed by atoms with Crippen LogP contribution in [0.5, 0.6) is 0 Å². The summed E-state index contributed by atoms with van der Waals surface area (Å²) in [6, 6.07) is 6.02. The molecule has 0 aliphatic carbocycles. The van der Waals surface area contributed by atoms with Crippen LogP contribution in [0.3, 0.4) is 0 Å². The second-order valence-corrected chi connectivity index (χ2v) is 5.68. The van der Waals surface area contributed by atoms with Crippen molar-refractivity contribution in [3.8, 4) is 0 Å². The van der Waals surface area contributed by atoms with Gasteiger partial charge in [-0.3, -0.25) is 18.5 Å². The molecule has 1 aromatic carbocycles. The first-order chi connectivity index (χ1) is 11.9. The molecule has 0 saturated carbocycles. The van der Waals surface area contributed by atoms with Crippen molar-refractivity contribution in [1.29, 1.82) is 0 Å². The number of hydrogen-bond acceptors (Lipinski definition) is 5. The molecular formula is C16H18FN5O3. The van der Waals surface area contributed by atoms with Crippen LogP contribution < -0.4 is 16.6 Å². The smallest absolute Gasteiger partial charge is 0.332 e. The first kappa shape index (κ1) is 16.9. The van der Waals surface area contributed by atoms with E-state index in [9.17, 15) is 14.0 Å². The number of hydrogen-bond donors (Lipinski definition) is 2. The number of aliphatic hydroxyl groups is 1. The van der Waals surface area contributed by atoms with Gasteiger partial charge in [0.1, 0.15) is 5.82 Å². The molecule has 3 rings (SSSR count). The highest BCUT2D eigenvalue weighted by Gasteiger charge is 2.19. The van der Waals surface area contributed by atoms with E-state index in [-0.39, 0.29) is 36.7 Å². The Morgan fingerprint density at radius 3 is 2.68 bits per heavy atom. The molecule has 25 heavy (non-hydrogen) atoms. The van der Waals surface area contributed by atoms with Gasteiger partial charge in [0, 0.05) is 20.6 Å². The number of nitrogens with one attached hydrogen (secondary N) is 1. The summed E-state index contributed by atoms with van der Waals surface area (Å²) < 4.78 is 17.4. The number of aliphatic hydroxyl groups excluding tert-OH is 1. The lowest BCUT2D eigenvalue weighted by Gasteiger charge is -2.10. The van der Waals surface area contributed by atoms with Crippen LogP contribution in [0.2, 0.25) is 0 Å². The number of nitrogens with zero attached hydrogens (tertiary/aromatic N) is 4. The molecule has 0 aliphatic rings. The second-order valence-electron chi connectivity index (χ2n) is 5.68. The van der Waals surface area contributed by atoms with Crippen molar-refractivity contribution in [2.75, 3.05) is 18.5 Å². The number of aromatic nitrogens is 4. The Hall–Kier alpha value is -2.94. The molecule has 132 valence electrons. The van der Waals surface area contributed by atoms with Crippen LogP contribution >= 0.6 is 0 Å². The van der Waals surface area contributed by atoms with Crippen LogP contribution in [0.1, 0.15) is 5.56 Å². The maximum atomic E-state index is 13.5. The molecule has 0 aliphatic heterocycles. The normalized spacial score (nSPS) is 11.2. The van der Waals surface area contributed by atoms with E-state index >= 15 is 0 Å². The molecule has 9 heteroatoms. The van der Waals surface area contributed by atoms with Crippen LogP contribution in [-0.2, 0) is 20.6 Å². The maximum absolute atomic E-state index is 13.5. The minimum atomic E-state index is -0.487. The van der Waals surface area contributed by atoms with Crippen molar-refractivity contribution in [3.05, 3.63) is 56.5 Å². The van der Waals surface area contributed by atoms with Gasteiger partial charge in [0.15, 0.2) is 11.2 Å². The number of fused-ring (bicyclic) bond motifs is 1. The maximum Gasteiger partial charge on any atom is 0.332 e. The molecule has 2 aromatic heterocycles. The number of aryl methyl sites for hydroxylation is 1. The molecular weight excluding hydrogens is 329 g/mol. The van der Waals surface area contributed by atoms with Crippen molar-refractivity contribution in [2.24, 2.45) is 14.1 Å². The minimum absolute atomic E-state index is 0.125. The SMILES string of the molecule is Cn1c(=O)c2c(nc(NCCO)n2Cc2cccc(F)c2)n(C)c1=O. The molecule has 0 bridgehead atoms. The van der Waals surface area contributed by atoms with E-state index in [0.29, 0.717) is 11.5 Å². The van der Waals surface area contributed by atoms with E-state index in [1.807, 2.05) is 0 Å². The average molecular weight is 347 g/mol. The Morgan fingerprint density at radius 2 is 2.00 bits per heavy atom. The Bertz CT molecular complexity index is 1050. The zero-order chi connectivity index (χ0) is 18.1. The Morgan fingerprint density at radius 1 is 1.24 bits per heavy atom. The fourth-order valence-corrected chi connectivity index (χ4v) is 2.72. The van der Waals surface area contributed by atoms with E-state index in [1.54, 1.807) is 16.7 Å². The summed E-state index contributed by atoms with van der Waals surface area (Å²) in [7, 11) is 2.92. The molecule has 8 nitrogen and oxygen atoms in total. The molecule has 2 heterocycles. The summed E-state index contributed by atoms with van der Waals surface area (Å²) in [6.45, 7) is 0.288. The van der Waals surface area contributed by atoms with E-state index < -0.39 is 11.2 Å². The molecule has 0 fully saturated rings. The molecule has 0 atom stereocenters. The number of rotatable bonds is 5. The van der Waals surface area contributed by atoms with Crippen LogP contribution in [0.4, 0.5) is 10.3 Å². The Balaban J connectivity index is 2.26. The van der Waals surface area contributed by atoms with Crippen molar-refractivity contribution in [1.82, 2.24) is 18.7 Å². The standard InChI is InChI=1S/C16H18FN5O3/c1-20-13-12(14(24)21(2)16(20)25)22(15(19-13)18-6-7-23)9-10-4-3-5-11(17)8-10/h3-5,8,23H,6-7,9H2,1-2H3,(H,18,19). The van der Waals surface area contributed by atoms with Crippen molar-refractivity contribution >= 4 is 17.1 Å². The van der Waals surface area contributed by atoms with E-state index in [1.165, 1.54) is 30.8 Å². The third-order valence-corrected chi connectivity index (χ3v) is 3.97. The highest BCUT2D eigenvalue weighted by Crippen LogP contribution is 2.18. The summed E-state index contributed by atoms with van der Waals surface area (Å²) in [5, 5.41) is 12.0. The van der Waals surface area contributed by atoms with Gasteiger partial charge < -0.3 is 10.4 Å².